The molecule has 0 amide bonds. The Labute approximate surface area is 112 Å². The van der Waals surface area contributed by atoms with Crippen molar-refractivity contribution in [3.05, 3.63) is 46.8 Å². The molecule has 18 heavy (non-hydrogen) atoms. The van der Waals surface area contributed by atoms with Crippen LogP contribution in [0.5, 0.6) is 0 Å². The smallest absolute Gasteiger partial charge is 0.358 e. The van der Waals surface area contributed by atoms with E-state index in [1.54, 1.807) is 0 Å². The Hall–Kier alpha value is -1.95. The minimum Gasteiger partial charge on any atom is -0.464 e. The van der Waals surface area contributed by atoms with Crippen LogP contribution in [-0.4, -0.2) is 23.0 Å². The highest BCUT2D eigenvalue weighted by atomic mass is 79.9. The van der Waals surface area contributed by atoms with E-state index in [2.05, 4.69) is 36.0 Å². The maximum absolute atomic E-state index is 11.2. The number of methoxy groups -OCH3 is 1. The predicted octanol–water partition coefficient (Wildman–Crippen LogP) is 2.77. The minimum absolute atomic E-state index is 0.176. The number of anilines is 2. The van der Waals surface area contributed by atoms with Gasteiger partial charge in [-0.15, -0.1) is 0 Å². The van der Waals surface area contributed by atoms with Crippen LogP contribution in [0.1, 0.15) is 10.5 Å². The lowest BCUT2D eigenvalue weighted by molar-refractivity contribution is 0.0593. The molecule has 0 aliphatic carbocycles. The van der Waals surface area contributed by atoms with Crippen LogP contribution in [0.3, 0.4) is 0 Å². The monoisotopic (exact) mass is 307 g/mol. The Bertz CT molecular complexity index is 558. The summed E-state index contributed by atoms with van der Waals surface area (Å²) in [7, 11) is 1.30. The van der Waals surface area contributed by atoms with Crippen molar-refractivity contribution in [1.82, 2.24) is 9.97 Å². The van der Waals surface area contributed by atoms with E-state index in [4.69, 9.17) is 0 Å². The van der Waals surface area contributed by atoms with Gasteiger partial charge in [0, 0.05) is 4.47 Å². The second kappa shape index (κ2) is 5.59. The zero-order chi connectivity index (χ0) is 13.0. The number of para-hydroxylation sites is 1. The molecule has 0 radical (unpaired) electrons. The van der Waals surface area contributed by atoms with Crippen LogP contribution in [0, 0.1) is 0 Å². The third-order valence-electron chi connectivity index (χ3n) is 2.18. The highest BCUT2D eigenvalue weighted by Gasteiger charge is 2.07. The molecule has 1 N–H and O–H groups in total. The van der Waals surface area contributed by atoms with Crippen LogP contribution in [0.15, 0.2) is 41.1 Å². The lowest BCUT2D eigenvalue weighted by Gasteiger charge is -2.07. The molecule has 92 valence electrons. The molecule has 0 aliphatic rings. The normalized spacial score (nSPS) is 9.89. The molecule has 6 heteroatoms. The number of rotatable bonds is 3. The van der Waals surface area contributed by atoms with Crippen LogP contribution in [-0.2, 0) is 4.74 Å². The van der Waals surface area contributed by atoms with Gasteiger partial charge in [-0.3, -0.25) is 0 Å². The van der Waals surface area contributed by atoms with Crippen LogP contribution in [0.2, 0.25) is 0 Å². The number of nitrogens with zero attached hydrogens (tertiary/aromatic N) is 2. The molecule has 1 aromatic carbocycles. The van der Waals surface area contributed by atoms with Gasteiger partial charge in [-0.2, -0.15) is 0 Å². The first-order valence-electron chi connectivity index (χ1n) is 5.12. The number of aromatic nitrogens is 2. The predicted molar refractivity (Wildman–Crippen MR) is 70.8 cm³/mol. The minimum atomic E-state index is -0.505. The number of esters is 1. The van der Waals surface area contributed by atoms with Crippen molar-refractivity contribution in [3.63, 3.8) is 0 Å². The van der Waals surface area contributed by atoms with E-state index in [-0.39, 0.29) is 5.69 Å². The SMILES string of the molecule is COC(=O)c1cnc(Nc2ccccc2Br)cn1. The summed E-state index contributed by atoms with van der Waals surface area (Å²) in [6.07, 6.45) is 2.84. The van der Waals surface area contributed by atoms with Gasteiger partial charge in [0.05, 0.1) is 25.2 Å². The molecular weight excluding hydrogens is 298 g/mol. The third-order valence-corrected chi connectivity index (χ3v) is 2.87. The molecule has 0 saturated heterocycles. The number of nitrogens with one attached hydrogen (secondary N) is 1. The summed E-state index contributed by atoms with van der Waals surface area (Å²) in [6, 6.07) is 7.64. The first-order chi connectivity index (χ1) is 8.70. The summed E-state index contributed by atoms with van der Waals surface area (Å²) in [6.45, 7) is 0. The first-order valence-corrected chi connectivity index (χ1v) is 5.92. The number of hydrogen-bond donors (Lipinski definition) is 1. The fraction of sp³-hybridized carbons (Fsp3) is 0.0833. The van der Waals surface area contributed by atoms with Crippen molar-refractivity contribution in [3.8, 4) is 0 Å². The number of benzene rings is 1. The summed E-state index contributed by atoms with van der Waals surface area (Å²) >= 11 is 3.42. The van der Waals surface area contributed by atoms with Gasteiger partial charge in [0.25, 0.3) is 0 Å². The highest BCUT2D eigenvalue weighted by molar-refractivity contribution is 9.10. The molecular formula is C12H10BrN3O2. The maximum Gasteiger partial charge on any atom is 0.358 e. The molecule has 0 atom stereocenters. The fourth-order valence-electron chi connectivity index (χ4n) is 1.30. The standard InChI is InChI=1S/C12H10BrN3O2/c1-18-12(17)10-6-15-11(7-14-10)16-9-5-3-2-4-8(9)13/h2-7H,1H3,(H,15,16). The number of carbonyl (C=O) groups excluding carboxylic acids is 1. The Morgan fingerprint density at radius 3 is 2.67 bits per heavy atom. The van der Waals surface area contributed by atoms with Crippen LogP contribution < -0.4 is 5.32 Å². The largest absolute Gasteiger partial charge is 0.464 e. The lowest BCUT2D eigenvalue weighted by atomic mass is 10.3. The quantitative estimate of drug-likeness (QED) is 0.883. The Kier molecular flexibility index (Phi) is 3.88. The van der Waals surface area contributed by atoms with Gasteiger partial charge in [-0.1, -0.05) is 12.1 Å². The molecule has 0 saturated carbocycles. The van der Waals surface area contributed by atoms with Crippen molar-refractivity contribution in [2.75, 3.05) is 12.4 Å². The topological polar surface area (TPSA) is 64.1 Å². The van der Waals surface area contributed by atoms with Crippen molar-refractivity contribution >= 4 is 33.4 Å². The van der Waals surface area contributed by atoms with Gasteiger partial charge in [0.1, 0.15) is 5.82 Å². The van der Waals surface area contributed by atoms with E-state index in [1.165, 1.54) is 19.5 Å². The van der Waals surface area contributed by atoms with Crippen molar-refractivity contribution < 1.29 is 9.53 Å². The molecule has 0 fully saturated rings. The van der Waals surface area contributed by atoms with E-state index >= 15 is 0 Å². The average molecular weight is 308 g/mol. The van der Waals surface area contributed by atoms with E-state index in [0.717, 1.165) is 10.2 Å². The van der Waals surface area contributed by atoms with E-state index in [9.17, 15) is 4.79 Å². The molecule has 0 aliphatic heterocycles. The van der Waals surface area contributed by atoms with Crippen LogP contribution >= 0.6 is 15.9 Å². The van der Waals surface area contributed by atoms with Gasteiger partial charge in [-0.25, -0.2) is 14.8 Å². The van der Waals surface area contributed by atoms with Gasteiger partial charge >= 0.3 is 5.97 Å². The second-order valence-electron chi connectivity index (χ2n) is 3.38. The molecule has 2 rings (SSSR count). The number of hydrogen-bond acceptors (Lipinski definition) is 5. The molecule has 1 heterocycles. The molecule has 1 aromatic heterocycles. The van der Waals surface area contributed by atoms with Gasteiger partial charge in [0.15, 0.2) is 5.69 Å². The average Bonchev–Trinajstić information content (AvgIpc) is 2.41. The lowest BCUT2D eigenvalue weighted by Crippen LogP contribution is -2.05. The zero-order valence-corrected chi connectivity index (χ0v) is 11.1. The van der Waals surface area contributed by atoms with Crippen LogP contribution in [0.25, 0.3) is 0 Å². The number of carbonyl (C=O) groups is 1. The maximum atomic E-state index is 11.2. The molecule has 0 unspecified atom stereocenters. The van der Waals surface area contributed by atoms with E-state index < -0.39 is 5.97 Å². The van der Waals surface area contributed by atoms with Gasteiger partial charge < -0.3 is 10.1 Å². The number of halogens is 1. The molecule has 2 aromatic rings. The van der Waals surface area contributed by atoms with Gasteiger partial charge in [0.2, 0.25) is 0 Å². The van der Waals surface area contributed by atoms with E-state index in [1.807, 2.05) is 24.3 Å². The fourth-order valence-corrected chi connectivity index (χ4v) is 1.69. The summed E-state index contributed by atoms with van der Waals surface area (Å²) in [5.74, 6) is 0.0458. The summed E-state index contributed by atoms with van der Waals surface area (Å²) < 4.78 is 5.46. The summed E-state index contributed by atoms with van der Waals surface area (Å²) in [5.41, 5.74) is 1.05. The van der Waals surface area contributed by atoms with Crippen molar-refractivity contribution in [1.29, 1.82) is 0 Å². The van der Waals surface area contributed by atoms with Crippen molar-refractivity contribution in [2.24, 2.45) is 0 Å². The zero-order valence-electron chi connectivity index (χ0n) is 9.55. The summed E-state index contributed by atoms with van der Waals surface area (Å²) in [4.78, 5) is 19.2. The molecule has 5 nitrogen and oxygen atoms in total. The number of ether oxygens (including phenoxy) is 1. The Morgan fingerprint density at radius 1 is 1.28 bits per heavy atom. The van der Waals surface area contributed by atoms with Crippen molar-refractivity contribution in [2.45, 2.75) is 0 Å². The second-order valence-corrected chi connectivity index (χ2v) is 4.24. The summed E-state index contributed by atoms with van der Waals surface area (Å²) in [5, 5.41) is 3.08. The van der Waals surface area contributed by atoms with E-state index in [0.29, 0.717) is 5.82 Å². The molecule has 0 bridgehead atoms. The van der Waals surface area contributed by atoms with Gasteiger partial charge in [-0.05, 0) is 28.1 Å². The Morgan fingerprint density at radius 2 is 2.06 bits per heavy atom. The molecule has 0 spiro atoms. The van der Waals surface area contributed by atoms with Crippen LogP contribution in [0.4, 0.5) is 11.5 Å². The Balaban J connectivity index is 2.16. The highest BCUT2D eigenvalue weighted by Crippen LogP contribution is 2.23. The first kappa shape index (κ1) is 12.5. The third kappa shape index (κ3) is 2.84.